The van der Waals surface area contributed by atoms with Crippen molar-refractivity contribution in [2.75, 3.05) is 4.72 Å². The zero-order valence-electron chi connectivity index (χ0n) is 11.3. The van der Waals surface area contributed by atoms with E-state index >= 15 is 0 Å². The smallest absolute Gasteiger partial charge is 0.262 e. The second-order valence-corrected chi connectivity index (χ2v) is 6.27. The van der Waals surface area contributed by atoms with Gasteiger partial charge < -0.3 is 5.11 Å². The topological polar surface area (TPSA) is 79.3 Å². The van der Waals surface area contributed by atoms with E-state index in [-0.39, 0.29) is 11.5 Å². The van der Waals surface area contributed by atoms with Crippen LogP contribution in [0.1, 0.15) is 16.7 Å². The summed E-state index contributed by atoms with van der Waals surface area (Å²) in [5.41, 5.74) is 2.46. The Kier molecular flexibility index (Phi) is 4.06. The molecule has 1 aromatic carbocycles. The Hall–Kier alpha value is -1.92. The van der Waals surface area contributed by atoms with Crippen molar-refractivity contribution in [1.29, 1.82) is 0 Å². The van der Waals surface area contributed by atoms with E-state index in [1.54, 1.807) is 31.3 Å². The largest absolute Gasteiger partial charge is 0.392 e. The number of aryl methyl sites for hydroxylation is 2. The van der Waals surface area contributed by atoms with E-state index in [0.717, 1.165) is 5.56 Å². The maximum atomic E-state index is 12.4. The SMILES string of the molecule is Cc1cncc(NS(=O)(=O)c2cc(CO)ccc2C)c1. The van der Waals surface area contributed by atoms with Gasteiger partial charge in [0.05, 0.1) is 23.4 Å². The Labute approximate surface area is 118 Å². The standard InChI is InChI=1S/C14H16N2O3S/c1-10-5-13(8-15-7-10)16-20(18,19)14-6-12(9-17)4-3-11(14)2/h3-8,16-17H,9H2,1-2H3. The minimum Gasteiger partial charge on any atom is -0.392 e. The lowest BCUT2D eigenvalue weighted by Gasteiger charge is -2.11. The Morgan fingerprint density at radius 1 is 1.20 bits per heavy atom. The molecule has 1 aromatic heterocycles. The third kappa shape index (κ3) is 3.15. The predicted molar refractivity (Wildman–Crippen MR) is 76.9 cm³/mol. The van der Waals surface area contributed by atoms with Gasteiger partial charge in [-0.25, -0.2) is 8.42 Å². The highest BCUT2D eigenvalue weighted by atomic mass is 32.2. The van der Waals surface area contributed by atoms with Crippen LogP contribution in [0.5, 0.6) is 0 Å². The first kappa shape index (κ1) is 14.5. The fraction of sp³-hybridized carbons (Fsp3) is 0.214. The van der Waals surface area contributed by atoms with E-state index in [9.17, 15) is 8.42 Å². The molecular formula is C14H16N2O3S. The molecule has 0 radical (unpaired) electrons. The predicted octanol–water partition coefficient (Wildman–Crippen LogP) is 1.99. The Bertz CT molecular complexity index is 727. The Morgan fingerprint density at radius 3 is 2.60 bits per heavy atom. The molecule has 106 valence electrons. The number of benzene rings is 1. The van der Waals surface area contributed by atoms with Crippen molar-refractivity contribution in [3.63, 3.8) is 0 Å². The molecular weight excluding hydrogens is 276 g/mol. The number of sulfonamides is 1. The number of anilines is 1. The van der Waals surface area contributed by atoms with Crippen molar-refractivity contribution in [2.45, 2.75) is 25.3 Å². The molecule has 5 nitrogen and oxygen atoms in total. The lowest BCUT2D eigenvalue weighted by molar-refractivity contribution is 0.281. The fourth-order valence-corrected chi connectivity index (χ4v) is 3.18. The zero-order chi connectivity index (χ0) is 14.8. The average molecular weight is 292 g/mol. The molecule has 0 unspecified atom stereocenters. The maximum Gasteiger partial charge on any atom is 0.262 e. The number of pyridine rings is 1. The summed E-state index contributed by atoms with van der Waals surface area (Å²) in [6, 6.07) is 6.55. The van der Waals surface area contributed by atoms with Crippen molar-refractivity contribution in [1.82, 2.24) is 4.98 Å². The highest BCUT2D eigenvalue weighted by Gasteiger charge is 2.17. The van der Waals surface area contributed by atoms with E-state index in [1.165, 1.54) is 12.3 Å². The van der Waals surface area contributed by atoms with Gasteiger partial charge in [-0.05, 0) is 42.7 Å². The van der Waals surface area contributed by atoms with Gasteiger partial charge in [0.1, 0.15) is 0 Å². The number of nitrogens with zero attached hydrogens (tertiary/aromatic N) is 1. The average Bonchev–Trinajstić information content (AvgIpc) is 2.38. The number of hydrogen-bond acceptors (Lipinski definition) is 4. The van der Waals surface area contributed by atoms with E-state index < -0.39 is 10.0 Å². The summed E-state index contributed by atoms with van der Waals surface area (Å²) >= 11 is 0. The van der Waals surface area contributed by atoms with Crippen LogP contribution in [0.4, 0.5) is 5.69 Å². The summed E-state index contributed by atoms with van der Waals surface area (Å²) in [5.74, 6) is 0. The molecule has 0 saturated heterocycles. The van der Waals surface area contributed by atoms with Gasteiger partial charge in [0.2, 0.25) is 0 Å². The third-order valence-electron chi connectivity index (χ3n) is 2.85. The van der Waals surface area contributed by atoms with Crippen molar-refractivity contribution >= 4 is 15.7 Å². The lowest BCUT2D eigenvalue weighted by Crippen LogP contribution is -2.15. The molecule has 0 atom stereocenters. The van der Waals surface area contributed by atoms with Crippen molar-refractivity contribution in [3.8, 4) is 0 Å². The maximum absolute atomic E-state index is 12.4. The van der Waals surface area contributed by atoms with Crippen LogP contribution in [0, 0.1) is 13.8 Å². The van der Waals surface area contributed by atoms with Gasteiger partial charge in [-0.2, -0.15) is 0 Å². The van der Waals surface area contributed by atoms with Crippen LogP contribution in [0.2, 0.25) is 0 Å². The van der Waals surface area contributed by atoms with Gasteiger partial charge in [0, 0.05) is 6.20 Å². The molecule has 0 saturated carbocycles. The molecule has 0 aliphatic rings. The summed E-state index contributed by atoms with van der Waals surface area (Å²) in [7, 11) is -3.69. The van der Waals surface area contributed by atoms with Gasteiger partial charge in [-0.15, -0.1) is 0 Å². The van der Waals surface area contributed by atoms with E-state index in [0.29, 0.717) is 16.8 Å². The molecule has 2 aromatic rings. The number of nitrogens with one attached hydrogen (secondary N) is 1. The monoisotopic (exact) mass is 292 g/mol. The van der Waals surface area contributed by atoms with Gasteiger partial charge in [0.25, 0.3) is 10.0 Å². The Morgan fingerprint density at radius 2 is 1.95 bits per heavy atom. The molecule has 0 fully saturated rings. The number of aromatic nitrogens is 1. The number of rotatable bonds is 4. The van der Waals surface area contributed by atoms with Gasteiger partial charge in [-0.1, -0.05) is 12.1 Å². The molecule has 0 aliphatic carbocycles. The van der Waals surface area contributed by atoms with Gasteiger partial charge in [-0.3, -0.25) is 9.71 Å². The van der Waals surface area contributed by atoms with E-state index in [2.05, 4.69) is 9.71 Å². The molecule has 0 amide bonds. The van der Waals surface area contributed by atoms with Crippen LogP contribution in [0.3, 0.4) is 0 Å². The minimum absolute atomic E-state index is 0.158. The summed E-state index contributed by atoms with van der Waals surface area (Å²) in [5, 5.41) is 9.12. The highest BCUT2D eigenvalue weighted by Crippen LogP contribution is 2.20. The first-order valence-electron chi connectivity index (χ1n) is 6.07. The van der Waals surface area contributed by atoms with Crippen molar-refractivity contribution in [3.05, 3.63) is 53.3 Å². The van der Waals surface area contributed by atoms with Crippen LogP contribution in [-0.4, -0.2) is 18.5 Å². The first-order chi connectivity index (χ1) is 9.42. The number of aliphatic hydroxyl groups is 1. The molecule has 1 heterocycles. The fourth-order valence-electron chi connectivity index (χ4n) is 1.85. The first-order valence-corrected chi connectivity index (χ1v) is 7.55. The summed E-state index contributed by atoms with van der Waals surface area (Å²) in [6.07, 6.45) is 3.10. The summed E-state index contributed by atoms with van der Waals surface area (Å²) < 4.78 is 27.3. The molecule has 20 heavy (non-hydrogen) atoms. The lowest BCUT2D eigenvalue weighted by atomic mass is 10.2. The summed E-state index contributed by atoms with van der Waals surface area (Å²) in [6.45, 7) is 3.35. The molecule has 6 heteroatoms. The molecule has 0 aliphatic heterocycles. The highest BCUT2D eigenvalue weighted by molar-refractivity contribution is 7.92. The zero-order valence-corrected chi connectivity index (χ0v) is 12.1. The van der Waals surface area contributed by atoms with Crippen molar-refractivity contribution < 1.29 is 13.5 Å². The van der Waals surface area contributed by atoms with Crippen LogP contribution >= 0.6 is 0 Å². The minimum atomic E-state index is -3.69. The number of aliphatic hydroxyl groups excluding tert-OH is 1. The molecule has 0 bridgehead atoms. The van der Waals surface area contributed by atoms with Crippen LogP contribution in [0.25, 0.3) is 0 Å². The van der Waals surface area contributed by atoms with Crippen LogP contribution in [0.15, 0.2) is 41.6 Å². The van der Waals surface area contributed by atoms with Crippen LogP contribution in [-0.2, 0) is 16.6 Å². The number of hydrogen-bond donors (Lipinski definition) is 2. The normalized spacial score (nSPS) is 11.3. The second-order valence-electron chi connectivity index (χ2n) is 4.61. The molecule has 0 spiro atoms. The van der Waals surface area contributed by atoms with Crippen LogP contribution < -0.4 is 4.72 Å². The third-order valence-corrected chi connectivity index (χ3v) is 4.38. The van der Waals surface area contributed by atoms with E-state index in [1.807, 2.05) is 6.92 Å². The molecule has 2 N–H and O–H groups in total. The molecule has 2 rings (SSSR count). The Balaban J connectivity index is 2.40. The summed E-state index contributed by atoms with van der Waals surface area (Å²) in [4.78, 5) is 4.11. The second kappa shape index (κ2) is 5.60. The van der Waals surface area contributed by atoms with Gasteiger partial charge >= 0.3 is 0 Å². The van der Waals surface area contributed by atoms with Crippen molar-refractivity contribution in [2.24, 2.45) is 0 Å². The quantitative estimate of drug-likeness (QED) is 0.903. The van der Waals surface area contributed by atoms with Gasteiger partial charge in [0.15, 0.2) is 0 Å². The van der Waals surface area contributed by atoms with E-state index in [4.69, 9.17) is 5.11 Å².